The summed E-state index contributed by atoms with van der Waals surface area (Å²) in [5.74, 6) is 0.922. The van der Waals surface area contributed by atoms with Crippen molar-refractivity contribution in [3.63, 3.8) is 0 Å². The molecule has 1 amide bonds. The number of para-hydroxylation sites is 1. The minimum absolute atomic E-state index is 0.00881. The molecule has 1 saturated heterocycles. The van der Waals surface area contributed by atoms with Crippen LogP contribution < -0.4 is 10.1 Å². The lowest BCUT2D eigenvalue weighted by Crippen LogP contribution is -2.44. The Labute approximate surface area is 176 Å². The lowest BCUT2D eigenvalue weighted by Gasteiger charge is -2.32. The number of piperidine rings is 1. The summed E-state index contributed by atoms with van der Waals surface area (Å²) in [6.45, 7) is 3.43. The summed E-state index contributed by atoms with van der Waals surface area (Å²) in [7, 11) is 1.71. The molecule has 1 fully saturated rings. The van der Waals surface area contributed by atoms with Gasteiger partial charge < -0.3 is 10.1 Å². The van der Waals surface area contributed by atoms with E-state index in [-0.39, 0.29) is 11.9 Å². The normalized spacial score (nSPS) is 15.1. The highest BCUT2D eigenvalue weighted by atomic mass is 16.5. The largest absolute Gasteiger partial charge is 0.496 e. The number of rotatable bonds is 7. The molecule has 1 N–H and O–H groups in total. The fourth-order valence-corrected chi connectivity index (χ4v) is 3.84. The van der Waals surface area contributed by atoms with Crippen molar-refractivity contribution >= 4 is 5.91 Å². The molecule has 0 saturated carbocycles. The molecule has 30 heavy (non-hydrogen) atoms. The number of likely N-dealkylation sites (tertiary alicyclic amines) is 1. The third-order valence-electron chi connectivity index (χ3n) is 5.54. The molecule has 2 heterocycles. The fourth-order valence-electron chi connectivity index (χ4n) is 3.84. The van der Waals surface area contributed by atoms with Gasteiger partial charge in [0, 0.05) is 36.8 Å². The SMILES string of the molecule is COc1ccccc1CN1CCC(NC(=O)c2ccc(Cn3cncn3)cc2)CC1. The third kappa shape index (κ3) is 5.04. The topological polar surface area (TPSA) is 72.3 Å². The molecule has 0 radical (unpaired) electrons. The summed E-state index contributed by atoms with van der Waals surface area (Å²) in [6.07, 6.45) is 5.10. The predicted octanol–water partition coefficient (Wildman–Crippen LogP) is 2.73. The molecule has 7 heteroatoms. The predicted molar refractivity (Wildman–Crippen MR) is 114 cm³/mol. The van der Waals surface area contributed by atoms with Crippen LogP contribution in [0.25, 0.3) is 0 Å². The first-order chi connectivity index (χ1) is 14.7. The van der Waals surface area contributed by atoms with E-state index in [4.69, 9.17) is 4.74 Å². The number of hydrogen-bond acceptors (Lipinski definition) is 5. The van der Waals surface area contributed by atoms with Gasteiger partial charge in [-0.1, -0.05) is 30.3 Å². The monoisotopic (exact) mass is 405 g/mol. The highest BCUT2D eigenvalue weighted by molar-refractivity contribution is 5.94. The molecule has 0 bridgehead atoms. The van der Waals surface area contributed by atoms with Crippen LogP contribution in [0.4, 0.5) is 0 Å². The van der Waals surface area contributed by atoms with Gasteiger partial charge in [0.2, 0.25) is 0 Å². The Kier molecular flexibility index (Phi) is 6.39. The van der Waals surface area contributed by atoms with Crippen molar-refractivity contribution in [3.05, 3.63) is 77.9 Å². The van der Waals surface area contributed by atoms with Crippen LogP contribution in [0.15, 0.2) is 61.2 Å². The number of amides is 1. The molecule has 1 aliphatic heterocycles. The van der Waals surface area contributed by atoms with Gasteiger partial charge in [-0.2, -0.15) is 5.10 Å². The van der Waals surface area contributed by atoms with Crippen molar-refractivity contribution in [1.29, 1.82) is 0 Å². The Balaban J connectivity index is 1.26. The Bertz CT molecular complexity index is 948. The van der Waals surface area contributed by atoms with E-state index in [2.05, 4.69) is 26.4 Å². The zero-order valence-electron chi connectivity index (χ0n) is 17.2. The molecule has 3 aromatic rings. The van der Waals surface area contributed by atoms with Gasteiger partial charge in [-0.15, -0.1) is 0 Å². The van der Waals surface area contributed by atoms with Gasteiger partial charge in [0.15, 0.2) is 0 Å². The molecule has 0 unspecified atom stereocenters. The number of methoxy groups -OCH3 is 1. The zero-order valence-corrected chi connectivity index (χ0v) is 17.2. The summed E-state index contributed by atoms with van der Waals surface area (Å²) in [6, 6.07) is 16.0. The molecular formula is C23H27N5O2. The zero-order chi connectivity index (χ0) is 20.8. The summed E-state index contributed by atoms with van der Waals surface area (Å²) < 4.78 is 7.21. The van der Waals surface area contributed by atoms with Crippen molar-refractivity contribution < 1.29 is 9.53 Å². The van der Waals surface area contributed by atoms with E-state index in [9.17, 15) is 4.79 Å². The summed E-state index contributed by atoms with van der Waals surface area (Å²) in [4.78, 5) is 19.0. The van der Waals surface area contributed by atoms with Gasteiger partial charge in [-0.3, -0.25) is 9.69 Å². The average molecular weight is 406 g/mol. The van der Waals surface area contributed by atoms with Crippen LogP contribution in [0.2, 0.25) is 0 Å². The molecule has 4 rings (SSSR count). The van der Waals surface area contributed by atoms with Gasteiger partial charge >= 0.3 is 0 Å². The lowest BCUT2D eigenvalue weighted by molar-refractivity contribution is 0.0908. The second-order valence-corrected chi connectivity index (χ2v) is 7.63. The quantitative estimate of drug-likeness (QED) is 0.654. The van der Waals surface area contributed by atoms with Crippen LogP contribution in [0.3, 0.4) is 0 Å². The van der Waals surface area contributed by atoms with Crippen LogP contribution in [0, 0.1) is 0 Å². The smallest absolute Gasteiger partial charge is 0.251 e. The molecule has 1 aliphatic rings. The second kappa shape index (κ2) is 9.54. The standard InChI is InChI=1S/C23H27N5O2/c1-30-22-5-3-2-4-20(22)15-27-12-10-21(11-13-27)26-23(29)19-8-6-18(7-9-19)14-28-17-24-16-25-28/h2-9,16-17,21H,10-15H2,1H3,(H,26,29). The fraction of sp³-hybridized carbons (Fsp3) is 0.348. The Hall–Kier alpha value is -3.19. The maximum absolute atomic E-state index is 12.6. The number of aromatic nitrogens is 3. The highest BCUT2D eigenvalue weighted by Crippen LogP contribution is 2.21. The highest BCUT2D eigenvalue weighted by Gasteiger charge is 2.22. The second-order valence-electron chi connectivity index (χ2n) is 7.63. The molecule has 0 aliphatic carbocycles. The first kappa shape index (κ1) is 20.1. The van der Waals surface area contributed by atoms with Crippen molar-refractivity contribution in [2.24, 2.45) is 0 Å². The molecule has 0 atom stereocenters. The van der Waals surface area contributed by atoms with E-state index in [1.165, 1.54) is 11.9 Å². The minimum atomic E-state index is -0.00881. The number of carbonyl (C=O) groups excluding carboxylic acids is 1. The Morgan fingerprint density at radius 1 is 1.10 bits per heavy atom. The van der Waals surface area contributed by atoms with E-state index in [1.54, 1.807) is 18.1 Å². The van der Waals surface area contributed by atoms with Gasteiger partial charge in [0.25, 0.3) is 5.91 Å². The molecule has 7 nitrogen and oxygen atoms in total. The first-order valence-corrected chi connectivity index (χ1v) is 10.3. The molecule has 156 valence electrons. The van der Waals surface area contributed by atoms with Crippen molar-refractivity contribution in [2.75, 3.05) is 20.2 Å². The van der Waals surface area contributed by atoms with Crippen LogP contribution in [0.5, 0.6) is 5.75 Å². The van der Waals surface area contributed by atoms with Crippen molar-refractivity contribution in [2.45, 2.75) is 32.0 Å². The summed E-state index contributed by atoms with van der Waals surface area (Å²) >= 11 is 0. The van der Waals surface area contributed by atoms with Gasteiger partial charge in [-0.05, 0) is 36.6 Å². The van der Waals surface area contributed by atoms with Gasteiger partial charge in [-0.25, -0.2) is 9.67 Å². The van der Waals surface area contributed by atoms with Crippen LogP contribution >= 0.6 is 0 Å². The van der Waals surface area contributed by atoms with E-state index < -0.39 is 0 Å². The molecular weight excluding hydrogens is 378 g/mol. The number of benzene rings is 2. The Morgan fingerprint density at radius 3 is 2.57 bits per heavy atom. The van der Waals surface area contributed by atoms with E-state index in [1.807, 2.05) is 42.5 Å². The Morgan fingerprint density at radius 2 is 1.87 bits per heavy atom. The van der Waals surface area contributed by atoms with Crippen LogP contribution in [-0.2, 0) is 13.1 Å². The van der Waals surface area contributed by atoms with Crippen LogP contribution in [-0.4, -0.2) is 51.8 Å². The van der Waals surface area contributed by atoms with Gasteiger partial charge in [0.05, 0.1) is 13.7 Å². The number of nitrogens with zero attached hydrogens (tertiary/aromatic N) is 4. The maximum Gasteiger partial charge on any atom is 0.251 e. The van der Waals surface area contributed by atoms with Crippen LogP contribution in [0.1, 0.15) is 34.3 Å². The molecule has 1 aromatic heterocycles. The van der Waals surface area contributed by atoms with E-state index in [0.717, 1.165) is 43.8 Å². The van der Waals surface area contributed by atoms with E-state index >= 15 is 0 Å². The molecule has 0 spiro atoms. The number of nitrogens with one attached hydrogen (secondary N) is 1. The maximum atomic E-state index is 12.6. The van der Waals surface area contributed by atoms with Crippen molar-refractivity contribution in [3.8, 4) is 5.75 Å². The third-order valence-corrected chi connectivity index (χ3v) is 5.54. The number of ether oxygens (including phenoxy) is 1. The first-order valence-electron chi connectivity index (χ1n) is 10.3. The number of carbonyl (C=O) groups is 1. The lowest BCUT2D eigenvalue weighted by atomic mass is 10.0. The van der Waals surface area contributed by atoms with E-state index in [0.29, 0.717) is 12.1 Å². The average Bonchev–Trinajstić information content (AvgIpc) is 3.29. The van der Waals surface area contributed by atoms with Crippen molar-refractivity contribution in [1.82, 2.24) is 25.0 Å². The number of hydrogen-bond donors (Lipinski definition) is 1. The van der Waals surface area contributed by atoms with Gasteiger partial charge in [0.1, 0.15) is 18.4 Å². The minimum Gasteiger partial charge on any atom is -0.496 e. The molecule has 2 aromatic carbocycles. The summed E-state index contributed by atoms with van der Waals surface area (Å²) in [5, 5.41) is 7.29. The summed E-state index contributed by atoms with van der Waals surface area (Å²) in [5.41, 5.74) is 2.98.